The highest BCUT2D eigenvalue weighted by molar-refractivity contribution is 7.13. The molecule has 0 radical (unpaired) electrons. The topological polar surface area (TPSA) is 72.4 Å². The molecule has 6 heteroatoms. The maximum absolute atomic E-state index is 10.7. The third-order valence-electron chi connectivity index (χ3n) is 3.65. The molecule has 1 aliphatic heterocycles. The van der Waals surface area contributed by atoms with Crippen LogP contribution in [0.4, 0.5) is 5.00 Å². The highest BCUT2D eigenvalue weighted by atomic mass is 32.1. The molecular formula is C12H19N3O2S. The van der Waals surface area contributed by atoms with Crippen LogP contribution in [0.5, 0.6) is 0 Å². The van der Waals surface area contributed by atoms with Gasteiger partial charge in [0.1, 0.15) is 0 Å². The first-order chi connectivity index (χ1) is 8.60. The summed E-state index contributed by atoms with van der Waals surface area (Å²) in [7, 11) is 0. The van der Waals surface area contributed by atoms with Crippen molar-refractivity contribution in [2.24, 2.45) is 11.7 Å². The molecule has 1 aliphatic rings. The summed E-state index contributed by atoms with van der Waals surface area (Å²) >= 11 is 1.20. The van der Waals surface area contributed by atoms with Gasteiger partial charge >= 0.3 is 5.00 Å². The van der Waals surface area contributed by atoms with Crippen molar-refractivity contribution in [1.29, 1.82) is 0 Å². The standard InChI is InChI=1S/C12H19N3O2S/c1-9-2-3-10(5-13)6-14(9)7-11-4-12(15(16)17)18-8-11/h4,8-10H,2-3,5-7,13H2,1H3. The average molecular weight is 269 g/mol. The van der Waals surface area contributed by atoms with E-state index in [2.05, 4.69) is 11.8 Å². The van der Waals surface area contributed by atoms with Gasteiger partial charge in [0.05, 0.1) is 4.92 Å². The van der Waals surface area contributed by atoms with Gasteiger partial charge in [-0.1, -0.05) is 11.3 Å². The maximum atomic E-state index is 10.7. The Morgan fingerprint density at radius 3 is 3.00 bits per heavy atom. The van der Waals surface area contributed by atoms with Gasteiger partial charge in [-0.15, -0.1) is 0 Å². The lowest BCUT2D eigenvalue weighted by Gasteiger charge is -2.37. The van der Waals surface area contributed by atoms with Crippen LogP contribution < -0.4 is 5.73 Å². The number of nitrogens with zero attached hydrogens (tertiary/aromatic N) is 2. The number of hydrogen-bond donors (Lipinski definition) is 1. The third kappa shape index (κ3) is 3.07. The highest BCUT2D eigenvalue weighted by Crippen LogP contribution is 2.27. The Hall–Kier alpha value is -0.980. The minimum Gasteiger partial charge on any atom is -0.330 e. The Kier molecular flexibility index (Phi) is 4.31. The van der Waals surface area contributed by atoms with E-state index < -0.39 is 0 Å². The molecule has 2 rings (SSSR count). The van der Waals surface area contributed by atoms with Crippen LogP contribution in [0.3, 0.4) is 0 Å². The molecule has 2 heterocycles. The van der Waals surface area contributed by atoms with E-state index in [1.165, 1.54) is 17.8 Å². The van der Waals surface area contributed by atoms with Gasteiger partial charge in [-0.05, 0) is 37.8 Å². The van der Waals surface area contributed by atoms with Crippen LogP contribution in [0.15, 0.2) is 11.4 Å². The third-order valence-corrected chi connectivity index (χ3v) is 4.58. The van der Waals surface area contributed by atoms with Crippen LogP contribution in [0.1, 0.15) is 25.3 Å². The highest BCUT2D eigenvalue weighted by Gasteiger charge is 2.25. The summed E-state index contributed by atoms with van der Waals surface area (Å²) in [5.74, 6) is 0.565. The first-order valence-electron chi connectivity index (χ1n) is 6.26. The zero-order chi connectivity index (χ0) is 13.1. The molecule has 1 aromatic rings. The first kappa shape index (κ1) is 13.5. The van der Waals surface area contributed by atoms with Gasteiger partial charge in [-0.2, -0.15) is 0 Å². The predicted molar refractivity (Wildman–Crippen MR) is 72.6 cm³/mol. The molecule has 2 unspecified atom stereocenters. The number of rotatable bonds is 4. The number of hydrogen-bond acceptors (Lipinski definition) is 5. The monoisotopic (exact) mass is 269 g/mol. The van der Waals surface area contributed by atoms with Crippen molar-refractivity contribution < 1.29 is 4.92 Å². The number of piperidine rings is 1. The summed E-state index contributed by atoms with van der Waals surface area (Å²) in [6.45, 7) is 4.74. The number of nitrogens with two attached hydrogens (primary N) is 1. The normalized spacial score (nSPS) is 25.2. The number of likely N-dealkylation sites (tertiary alicyclic amines) is 1. The van der Waals surface area contributed by atoms with Crippen LogP contribution in [0.25, 0.3) is 0 Å². The number of nitro groups is 1. The van der Waals surface area contributed by atoms with Crippen molar-refractivity contribution in [3.05, 3.63) is 27.1 Å². The fourth-order valence-corrected chi connectivity index (χ4v) is 3.17. The largest absolute Gasteiger partial charge is 0.330 e. The van der Waals surface area contributed by atoms with Crippen molar-refractivity contribution in [2.75, 3.05) is 13.1 Å². The Balaban J connectivity index is 2.00. The fourth-order valence-electron chi connectivity index (χ4n) is 2.45. The van der Waals surface area contributed by atoms with E-state index in [4.69, 9.17) is 5.73 Å². The Bertz CT molecular complexity index is 421. The summed E-state index contributed by atoms with van der Waals surface area (Å²) in [6.07, 6.45) is 2.35. The van der Waals surface area contributed by atoms with E-state index in [0.29, 0.717) is 12.0 Å². The molecule has 2 N–H and O–H groups in total. The minimum absolute atomic E-state index is 0.227. The molecule has 0 amide bonds. The molecule has 0 saturated carbocycles. The minimum atomic E-state index is -0.323. The zero-order valence-corrected chi connectivity index (χ0v) is 11.4. The van der Waals surface area contributed by atoms with Gasteiger partial charge < -0.3 is 5.73 Å². The Morgan fingerprint density at radius 2 is 2.39 bits per heavy atom. The summed E-state index contributed by atoms with van der Waals surface area (Å²) in [6, 6.07) is 2.22. The van der Waals surface area contributed by atoms with Crippen LogP contribution >= 0.6 is 11.3 Å². The van der Waals surface area contributed by atoms with E-state index in [9.17, 15) is 10.1 Å². The van der Waals surface area contributed by atoms with Crippen LogP contribution in [0.2, 0.25) is 0 Å². The second-order valence-electron chi connectivity index (χ2n) is 5.01. The fraction of sp³-hybridized carbons (Fsp3) is 0.667. The lowest BCUT2D eigenvalue weighted by Crippen LogP contribution is -2.43. The molecule has 0 aromatic carbocycles. The molecule has 0 bridgehead atoms. The van der Waals surface area contributed by atoms with E-state index in [0.717, 1.165) is 31.6 Å². The summed E-state index contributed by atoms with van der Waals surface area (Å²) < 4.78 is 0. The van der Waals surface area contributed by atoms with E-state index in [1.54, 1.807) is 6.07 Å². The van der Waals surface area contributed by atoms with Gasteiger partial charge in [0.25, 0.3) is 0 Å². The van der Waals surface area contributed by atoms with Gasteiger partial charge in [0, 0.05) is 30.6 Å². The molecule has 2 atom stereocenters. The lowest BCUT2D eigenvalue weighted by atomic mass is 9.93. The van der Waals surface area contributed by atoms with Gasteiger partial charge in [0.2, 0.25) is 0 Å². The van der Waals surface area contributed by atoms with Crippen molar-refractivity contribution in [1.82, 2.24) is 4.90 Å². The van der Waals surface area contributed by atoms with Crippen molar-refractivity contribution in [3.8, 4) is 0 Å². The summed E-state index contributed by atoms with van der Waals surface area (Å²) in [4.78, 5) is 12.7. The second-order valence-corrected chi connectivity index (χ2v) is 5.90. The van der Waals surface area contributed by atoms with Crippen LogP contribution in [-0.2, 0) is 6.54 Å². The molecule has 1 fully saturated rings. The van der Waals surface area contributed by atoms with Gasteiger partial charge in [0.15, 0.2) is 0 Å². The van der Waals surface area contributed by atoms with Crippen molar-refractivity contribution in [3.63, 3.8) is 0 Å². The Labute approximate surface area is 111 Å². The quantitative estimate of drug-likeness (QED) is 0.672. The molecule has 1 aromatic heterocycles. The van der Waals surface area contributed by atoms with Gasteiger partial charge in [-0.3, -0.25) is 15.0 Å². The van der Waals surface area contributed by atoms with Crippen LogP contribution in [-0.4, -0.2) is 29.0 Å². The SMILES string of the molecule is CC1CCC(CN)CN1Cc1csc([N+](=O)[O-])c1. The molecular weight excluding hydrogens is 250 g/mol. The molecule has 5 nitrogen and oxygen atoms in total. The van der Waals surface area contributed by atoms with Gasteiger partial charge in [-0.25, -0.2) is 0 Å². The summed E-state index contributed by atoms with van der Waals surface area (Å²) in [5.41, 5.74) is 6.77. The molecule has 100 valence electrons. The molecule has 0 spiro atoms. The number of thiophene rings is 1. The molecule has 18 heavy (non-hydrogen) atoms. The van der Waals surface area contributed by atoms with Crippen molar-refractivity contribution in [2.45, 2.75) is 32.4 Å². The zero-order valence-electron chi connectivity index (χ0n) is 10.5. The van der Waals surface area contributed by atoms with Crippen molar-refractivity contribution >= 4 is 16.3 Å². The maximum Gasteiger partial charge on any atom is 0.324 e. The van der Waals surface area contributed by atoms with E-state index in [1.807, 2.05) is 5.38 Å². The van der Waals surface area contributed by atoms with Crippen LogP contribution in [0, 0.1) is 16.0 Å². The predicted octanol–water partition coefficient (Wildman–Crippen LogP) is 2.22. The summed E-state index contributed by atoms with van der Waals surface area (Å²) in [5, 5.41) is 12.8. The lowest BCUT2D eigenvalue weighted by molar-refractivity contribution is -0.380. The molecule has 1 saturated heterocycles. The van der Waals surface area contributed by atoms with E-state index >= 15 is 0 Å². The smallest absolute Gasteiger partial charge is 0.324 e. The first-order valence-corrected chi connectivity index (χ1v) is 7.14. The second kappa shape index (κ2) is 5.77. The van der Waals surface area contributed by atoms with E-state index in [-0.39, 0.29) is 9.92 Å². The molecule has 0 aliphatic carbocycles. The Morgan fingerprint density at radius 1 is 1.61 bits per heavy atom. The average Bonchev–Trinajstić information content (AvgIpc) is 2.81.